The van der Waals surface area contributed by atoms with Gasteiger partial charge in [0.1, 0.15) is 12.7 Å². The molecule has 0 spiro atoms. The lowest BCUT2D eigenvalue weighted by Crippen LogP contribution is -2.49. The zero-order valence-corrected chi connectivity index (χ0v) is 12.6. The molecule has 0 saturated carbocycles. The number of hydrogen-bond donors (Lipinski definition) is 0. The highest BCUT2D eigenvalue weighted by Crippen LogP contribution is 2.25. The molecule has 2 unspecified atom stereocenters. The summed E-state index contributed by atoms with van der Waals surface area (Å²) in [6.45, 7) is 5.94. The average molecular weight is 297 g/mol. The molecule has 0 N–H and O–H groups in total. The summed E-state index contributed by atoms with van der Waals surface area (Å²) >= 11 is 0. The lowest BCUT2D eigenvalue weighted by molar-refractivity contribution is 0.0609. The first kappa shape index (κ1) is 13.5. The number of nitrogens with zero attached hydrogens (tertiary/aromatic N) is 5. The van der Waals surface area contributed by atoms with Crippen molar-refractivity contribution in [3.63, 3.8) is 0 Å². The molecule has 2 saturated heterocycles. The molecule has 6 nitrogen and oxygen atoms in total. The number of carbonyl (C=O) groups excluding carboxylic acids is 1. The number of carbonyl (C=O) groups is 1. The second-order valence-corrected chi connectivity index (χ2v) is 6.13. The first-order valence-electron chi connectivity index (χ1n) is 7.71. The van der Waals surface area contributed by atoms with E-state index in [2.05, 4.69) is 15.1 Å². The minimum Gasteiger partial charge on any atom is -0.333 e. The SMILES string of the molecule is Cc1ccc(-n2cnnc2)c(C(=O)N2CCN3CCC2C3)c1. The van der Waals surface area contributed by atoms with Crippen LogP contribution >= 0.6 is 0 Å². The van der Waals surface area contributed by atoms with E-state index in [0.717, 1.165) is 49.4 Å². The maximum absolute atomic E-state index is 13.1. The summed E-state index contributed by atoms with van der Waals surface area (Å²) in [5.41, 5.74) is 2.67. The van der Waals surface area contributed by atoms with Crippen molar-refractivity contribution in [3.05, 3.63) is 42.0 Å². The third kappa shape index (κ3) is 2.20. The Morgan fingerprint density at radius 3 is 2.82 bits per heavy atom. The van der Waals surface area contributed by atoms with E-state index in [1.165, 1.54) is 0 Å². The Labute approximate surface area is 129 Å². The zero-order valence-electron chi connectivity index (χ0n) is 12.6. The number of rotatable bonds is 2. The second kappa shape index (κ2) is 5.21. The van der Waals surface area contributed by atoms with Crippen molar-refractivity contribution in [1.29, 1.82) is 0 Å². The van der Waals surface area contributed by atoms with Crippen LogP contribution in [0.1, 0.15) is 22.3 Å². The molecule has 0 aliphatic carbocycles. The average Bonchev–Trinajstić information content (AvgIpc) is 3.17. The third-order valence-corrected chi connectivity index (χ3v) is 4.69. The first-order valence-corrected chi connectivity index (χ1v) is 7.71. The van der Waals surface area contributed by atoms with Gasteiger partial charge in [-0.2, -0.15) is 0 Å². The molecule has 1 aromatic carbocycles. The molecule has 4 rings (SSSR count). The molecule has 2 atom stereocenters. The highest BCUT2D eigenvalue weighted by atomic mass is 16.2. The third-order valence-electron chi connectivity index (χ3n) is 4.69. The van der Waals surface area contributed by atoms with E-state index in [1.807, 2.05) is 30.0 Å². The van der Waals surface area contributed by atoms with Crippen LogP contribution in [-0.4, -0.2) is 62.7 Å². The van der Waals surface area contributed by atoms with Crippen LogP contribution in [0.4, 0.5) is 0 Å². The summed E-state index contributed by atoms with van der Waals surface area (Å²) in [7, 11) is 0. The van der Waals surface area contributed by atoms with Gasteiger partial charge in [0, 0.05) is 32.2 Å². The zero-order chi connectivity index (χ0) is 15.1. The molecule has 114 valence electrons. The van der Waals surface area contributed by atoms with Crippen LogP contribution < -0.4 is 0 Å². The molecule has 2 aliphatic heterocycles. The number of piperazine rings is 1. The minimum absolute atomic E-state index is 0.124. The van der Waals surface area contributed by atoms with Crippen LogP contribution in [-0.2, 0) is 0 Å². The fourth-order valence-electron chi connectivity index (χ4n) is 3.49. The van der Waals surface area contributed by atoms with Gasteiger partial charge in [-0.25, -0.2) is 0 Å². The minimum atomic E-state index is 0.124. The van der Waals surface area contributed by atoms with Gasteiger partial charge < -0.3 is 4.90 Å². The first-order chi connectivity index (χ1) is 10.7. The van der Waals surface area contributed by atoms with Gasteiger partial charge >= 0.3 is 0 Å². The van der Waals surface area contributed by atoms with Crippen LogP contribution in [0.25, 0.3) is 5.69 Å². The van der Waals surface area contributed by atoms with Gasteiger partial charge in [0.2, 0.25) is 0 Å². The number of benzene rings is 1. The summed E-state index contributed by atoms with van der Waals surface area (Å²) in [6, 6.07) is 6.31. The van der Waals surface area contributed by atoms with Gasteiger partial charge in [-0.15, -0.1) is 10.2 Å². The van der Waals surface area contributed by atoms with Crippen molar-refractivity contribution in [2.24, 2.45) is 0 Å². The van der Waals surface area contributed by atoms with Crippen molar-refractivity contribution >= 4 is 5.91 Å². The summed E-state index contributed by atoms with van der Waals surface area (Å²) in [5.74, 6) is 0.124. The molecule has 6 heteroatoms. The summed E-state index contributed by atoms with van der Waals surface area (Å²) < 4.78 is 1.80. The predicted molar refractivity (Wildman–Crippen MR) is 82.0 cm³/mol. The van der Waals surface area contributed by atoms with E-state index in [-0.39, 0.29) is 5.91 Å². The summed E-state index contributed by atoms with van der Waals surface area (Å²) in [5, 5.41) is 7.71. The lowest BCUT2D eigenvalue weighted by Gasteiger charge is -2.34. The molecule has 2 fully saturated rings. The van der Waals surface area contributed by atoms with Crippen molar-refractivity contribution in [2.45, 2.75) is 19.4 Å². The van der Waals surface area contributed by atoms with E-state index in [9.17, 15) is 4.79 Å². The van der Waals surface area contributed by atoms with Crippen molar-refractivity contribution < 1.29 is 4.79 Å². The van der Waals surface area contributed by atoms with E-state index >= 15 is 0 Å². The molecule has 2 aliphatic rings. The van der Waals surface area contributed by atoms with Crippen LogP contribution in [0.2, 0.25) is 0 Å². The second-order valence-electron chi connectivity index (χ2n) is 6.13. The Hall–Kier alpha value is -2.21. The Kier molecular flexibility index (Phi) is 3.18. The fourth-order valence-corrected chi connectivity index (χ4v) is 3.49. The Bertz CT molecular complexity index is 697. The number of aryl methyl sites for hydroxylation is 1. The molecular weight excluding hydrogens is 278 g/mol. The van der Waals surface area contributed by atoms with Crippen molar-refractivity contribution in [2.75, 3.05) is 26.2 Å². The molecular formula is C16H19N5O. The van der Waals surface area contributed by atoms with E-state index in [4.69, 9.17) is 0 Å². The van der Waals surface area contributed by atoms with E-state index < -0.39 is 0 Å². The van der Waals surface area contributed by atoms with Crippen LogP contribution in [0.15, 0.2) is 30.9 Å². The summed E-state index contributed by atoms with van der Waals surface area (Å²) in [4.78, 5) is 17.6. The van der Waals surface area contributed by atoms with Gasteiger partial charge in [0.05, 0.1) is 11.3 Å². The molecule has 22 heavy (non-hydrogen) atoms. The van der Waals surface area contributed by atoms with Crippen LogP contribution in [0, 0.1) is 6.92 Å². The van der Waals surface area contributed by atoms with Gasteiger partial charge in [-0.3, -0.25) is 14.3 Å². The number of aromatic nitrogens is 3. The summed E-state index contributed by atoms with van der Waals surface area (Å²) in [6.07, 6.45) is 4.35. The maximum atomic E-state index is 13.1. The maximum Gasteiger partial charge on any atom is 0.256 e. The van der Waals surface area contributed by atoms with Gasteiger partial charge in [0.25, 0.3) is 5.91 Å². The van der Waals surface area contributed by atoms with Crippen LogP contribution in [0.5, 0.6) is 0 Å². The Morgan fingerprint density at radius 1 is 1.18 bits per heavy atom. The quantitative estimate of drug-likeness (QED) is 0.833. The Morgan fingerprint density at radius 2 is 2.00 bits per heavy atom. The lowest BCUT2D eigenvalue weighted by atomic mass is 10.1. The molecule has 2 bridgehead atoms. The smallest absolute Gasteiger partial charge is 0.256 e. The number of hydrogen-bond acceptors (Lipinski definition) is 4. The van der Waals surface area contributed by atoms with E-state index in [0.29, 0.717) is 6.04 Å². The largest absolute Gasteiger partial charge is 0.333 e. The number of fused-ring (bicyclic) bond motifs is 2. The predicted octanol–water partition coefficient (Wildman–Crippen LogP) is 1.11. The Balaban J connectivity index is 1.72. The van der Waals surface area contributed by atoms with Gasteiger partial charge in [-0.05, 0) is 25.5 Å². The fraction of sp³-hybridized carbons (Fsp3) is 0.438. The highest BCUT2D eigenvalue weighted by Gasteiger charge is 2.36. The normalized spacial score (nSPS) is 23.8. The monoisotopic (exact) mass is 297 g/mol. The van der Waals surface area contributed by atoms with Crippen LogP contribution in [0.3, 0.4) is 0 Å². The standard InChI is InChI=1S/C16H19N5O/c1-12-2-3-15(20-10-17-18-11-20)14(8-12)16(22)21-7-6-19-5-4-13(21)9-19/h2-3,8,10-11,13H,4-7,9H2,1H3. The van der Waals surface area contributed by atoms with Crippen molar-refractivity contribution in [1.82, 2.24) is 24.6 Å². The van der Waals surface area contributed by atoms with Crippen molar-refractivity contribution in [3.8, 4) is 5.69 Å². The molecule has 1 aromatic heterocycles. The van der Waals surface area contributed by atoms with E-state index in [1.54, 1.807) is 17.2 Å². The number of amides is 1. The molecule has 2 aromatic rings. The van der Waals surface area contributed by atoms with Gasteiger partial charge in [-0.1, -0.05) is 11.6 Å². The highest BCUT2D eigenvalue weighted by molar-refractivity contribution is 5.98. The van der Waals surface area contributed by atoms with Gasteiger partial charge in [0.15, 0.2) is 0 Å². The topological polar surface area (TPSA) is 54.3 Å². The molecule has 1 amide bonds. The molecule has 0 radical (unpaired) electrons. The molecule has 3 heterocycles.